The fraction of sp³-hybridized carbons (Fsp3) is 0.480. The lowest BCUT2D eigenvalue weighted by Gasteiger charge is -2.31. The highest BCUT2D eigenvalue weighted by Gasteiger charge is 2.32. The van der Waals surface area contributed by atoms with E-state index >= 15 is 0 Å². The Labute approximate surface area is 207 Å². The van der Waals surface area contributed by atoms with E-state index in [4.69, 9.17) is 23.2 Å². The van der Waals surface area contributed by atoms with Gasteiger partial charge in [0.05, 0.1) is 11.8 Å². The van der Waals surface area contributed by atoms with E-state index in [0.717, 1.165) is 5.56 Å². The van der Waals surface area contributed by atoms with Crippen molar-refractivity contribution >= 4 is 39.1 Å². The zero-order valence-corrected chi connectivity index (χ0v) is 21.9. The SMILES string of the molecule is C[C@H](NC(=O)C1CCN(S(=O)(=O)Cc2c(Cl)cccc2Cl)CC1)c1ccc(C(C)(C)C)cc1. The molecule has 1 saturated heterocycles. The Morgan fingerprint density at radius 3 is 2.12 bits per heavy atom. The number of nitrogens with one attached hydrogen (secondary N) is 1. The molecule has 1 aliphatic rings. The van der Waals surface area contributed by atoms with E-state index in [9.17, 15) is 13.2 Å². The Hall–Kier alpha value is -1.60. The first kappa shape index (κ1) is 26.0. The Balaban J connectivity index is 1.56. The fourth-order valence-corrected chi connectivity index (χ4v) is 6.34. The Bertz CT molecular complexity index is 1070. The molecule has 0 aromatic heterocycles. The van der Waals surface area contributed by atoms with Crippen LogP contribution in [0.25, 0.3) is 0 Å². The second-order valence-corrected chi connectivity index (χ2v) is 12.5. The molecule has 180 valence electrons. The van der Waals surface area contributed by atoms with Crippen molar-refractivity contribution in [1.82, 2.24) is 9.62 Å². The minimum absolute atomic E-state index is 0.0337. The van der Waals surface area contributed by atoms with Crippen molar-refractivity contribution in [3.63, 3.8) is 0 Å². The molecule has 0 radical (unpaired) electrons. The third-order valence-corrected chi connectivity index (χ3v) is 8.76. The van der Waals surface area contributed by atoms with Crippen LogP contribution in [0.4, 0.5) is 0 Å². The molecule has 0 saturated carbocycles. The van der Waals surface area contributed by atoms with Gasteiger partial charge in [0.15, 0.2) is 0 Å². The van der Waals surface area contributed by atoms with Gasteiger partial charge in [-0.2, -0.15) is 0 Å². The van der Waals surface area contributed by atoms with Gasteiger partial charge in [0.25, 0.3) is 0 Å². The summed E-state index contributed by atoms with van der Waals surface area (Å²) in [5.74, 6) is -0.491. The van der Waals surface area contributed by atoms with Crippen LogP contribution in [0.2, 0.25) is 10.0 Å². The molecule has 5 nitrogen and oxygen atoms in total. The summed E-state index contributed by atoms with van der Waals surface area (Å²) in [6.07, 6.45) is 0.966. The number of nitrogens with zero attached hydrogens (tertiary/aromatic N) is 1. The van der Waals surface area contributed by atoms with Gasteiger partial charge in [-0.05, 0) is 48.4 Å². The first-order valence-electron chi connectivity index (χ1n) is 11.2. The van der Waals surface area contributed by atoms with E-state index in [1.807, 2.05) is 6.92 Å². The van der Waals surface area contributed by atoms with Gasteiger partial charge in [-0.15, -0.1) is 0 Å². The quantitative estimate of drug-likeness (QED) is 0.540. The number of hydrogen-bond donors (Lipinski definition) is 1. The van der Waals surface area contributed by atoms with Crippen LogP contribution < -0.4 is 5.32 Å². The van der Waals surface area contributed by atoms with Crippen LogP contribution in [-0.2, 0) is 26.0 Å². The first-order valence-corrected chi connectivity index (χ1v) is 13.6. The van der Waals surface area contributed by atoms with Crippen molar-refractivity contribution in [2.45, 2.75) is 57.7 Å². The van der Waals surface area contributed by atoms with Crippen LogP contribution in [0.3, 0.4) is 0 Å². The number of hydrogen-bond acceptors (Lipinski definition) is 3. The highest BCUT2D eigenvalue weighted by Crippen LogP contribution is 2.29. The molecule has 2 aromatic carbocycles. The molecule has 0 spiro atoms. The normalized spacial score (nSPS) is 17.0. The molecular formula is C25H32Cl2N2O3S. The second kappa shape index (κ2) is 10.3. The standard InChI is InChI=1S/C25H32Cl2N2O3S/c1-17(18-8-10-20(11-9-18)25(2,3)4)28-24(30)19-12-14-29(15-13-19)33(31,32)16-21-22(26)6-5-7-23(21)27/h5-11,17,19H,12-16H2,1-4H3,(H,28,30)/t17-/m0/s1. The lowest BCUT2D eigenvalue weighted by molar-refractivity contribution is -0.126. The van der Waals surface area contributed by atoms with Crippen molar-refractivity contribution < 1.29 is 13.2 Å². The maximum Gasteiger partial charge on any atom is 0.223 e. The second-order valence-electron chi connectivity index (χ2n) is 9.73. The molecule has 0 aliphatic carbocycles. The van der Waals surface area contributed by atoms with Crippen molar-refractivity contribution in [2.75, 3.05) is 13.1 Å². The van der Waals surface area contributed by atoms with Gasteiger partial charge in [-0.25, -0.2) is 12.7 Å². The predicted molar refractivity (Wildman–Crippen MR) is 135 cm³/mol. The molecule has 1 aliphatic heterocycles. The van der Waals surface area contributed by atoms with Crippen molar-refractivity contribution in [3.05, 3.63) is 69.2 Å². The molecule has 0 bridgehead atoms. The van der Waals surface area contributed by atoms with E-state index in [1.54, 1.807) is 18.2 Å². The first-order chi connectivity index (χ1) is 15.4. The van der Waals surface area contributed by atoms with Crippen molar-refractivity contribution in [3.8, 4) is 0 Å². The summed E-state index contributed by atoms with van der Waals surface area (Å²) in [5, 5.41) is 3.77. The summed E-state index contributed by atoms with van der Waals surface area (Å²) in [7, 11) is -3.58. The average Bonchev–Trinajstić information content (AvgIpc) is 2.76. The van der Waals surface area contributed by atoms with Crippen molar-refractivity contribution in [1.29, 1.82) is 0 Å². The monoisotopic (exact) mass is 510 g/mol. The molecule has 3 rings (SSSR count). The van der Waals surface area contributed by atoms with E-state index in [2.05, 4.69) is 50.4 Å². The van der Waals surface area contributed by atoms with E-state index in [-0.39, 0.29) is 29.0 Å². The fourth-order valence-electron chi connectivity index (χ4n) is 4.03. The smallest absolute Gasteiger partial charge is 0.223 e. The molecule has 1 atom stereocenters. The number of rotatable bonds is 6. The number of piperidine rings is 1. The van der Waals surface area contributed by atoms with Gasteiger partial charge < -0.3 is 5.32 Å². The van der Waals surface area contributed by atoms with E-state index in [1.165, 1.54) is 9.87 Å². The number of halogens is 2. The van der Waals surface area contributed by atoms with Gasteiger partial charge in [0.2, 0.25) is 15.9 Å². The lowest BCUT2D eigenvalue weighted by Crippen LogP contribution is -2.43. The van der Waals surface area contributed by atoms with E-state index < -0.39 is 10.0 Å². The zero-order valence-electron chi connectivity index (χ0n) is 19.6. The maximum absolute atomic E-state index is 12.9. The highest BCUT2D eigenvalue weighted by atomic mass is 35.5. The minimum Gasteiger partial charge on any atom is -0.349 e. The average molecular weight is 512 g/mol. The van der Waals surface area contributed by atoms with E-state index in [0.29, 0.717) is 41.5 Å². The third kappa shape index (κ3) is 6.50. The number of amides is 1. The summed E-state index contributed by atoms with van der Waals surface area (Å²) in [6, 6.07) is 13.2. The molecule has 1 heterocycles. The lowest BCUT2D eigenvalue weighted by atomic mass is 9.86. The topological polar surface area (TPSA) is 66.5 Å². The van der Waals surface area contributed by atoms with Crippen molar-refractivity contribution in [2.24, 2.45) is 5.92 Å². The van der Waals surface area contributed by atoms with Crippen LogP contribution in [0.5, 0.6) is 0 Å². The summed E-state index contributed by atoms with van der Waals surface area (Å²) >= 11 is 12.3. The molecule has 33 heavy (non-hydrogen) atoms. The number of sulfonamides is 1. The predicted octanol–water partition coefficient (Wildman–Crippen LogP) is 5.71. The van der Waals surface area contributed by atoms with Crippen LogP contribution in [0.1, 0.15) is 63.3 Å². The molecule has 0 unspecified atom stereocenters. The van der Waals surface area contributed by atoms with Gasteiger partial charge in [0, 0.05) is 34.6 Å². The Morgan fingerprint density at radius 2 is 1.61 bits per heavy atom. The molecule has 1 fully saturated rings. The minimum atomic E-state index is -3.58. The maximum atomic E-state index is 12.9. The summed E-state index contributed by atoms with van der Waals surface area (Å²) in [4.78, 5) is 12.8. The van der Waals surface area contributed by atoms with Gasteiger partial charge in [-0.3, -0.25) is 4.79 Å². The number of carbonyl (C=O) groups is 1. The third-order valence-electron chi connectivity index (χ3n) is 6.24. The highest BCUT2D eigenvalue weighted by molar-refractivity contribution is 7.88. The molecule has 1 N–H and O–H groups in total. The summed E-state index contributed by atoms with van der Waals surface area (Å²) in [6.45, 7) is 9.08. The molecular weight excluding hydrogens is 479 g/mol. The number of carbonyl (C=O) groups excluding carboxylic acids is 1. The summed E-state index contributed by atoms with van der Waals surface area (Å²) < 4.78 is 27.2. The van der Waals surface area contributed by atoms with Crippen LogP contribution in [0.15, 0.2) is 42.5 Å². The van der Waals surface area contributed by atoms with Crippen LogP contribution in [0, 0.1) is 5.92 Å². The molecule has 1 amide bonds. The Kier molecular flexibility index (Phi) is 8.15. The largest absolute Gasteiger partial charge is 0.349 e. The van der Waals surface area contributed by atoms with Crippen LogP contribution in [-0.4, -0.2) is 31.7 Å². The van der Waals surface area contributed by atoms with Gasteiger partial charge in [-0.1, -0.05) is 74.3 Å². The molecule has 2 aromatic rings. The number of benzene rings is 2. The summed E-state index contributed by atoms with van der Waals surface area (Å²) in [5.41, 5.74) is 2.78. The van der Waals surface area contributed by atoms with Crippen LogP contribution >= 0.6 is 23.2 Å². The van der Waals surface area contributed by atoms with Gasteiger partial charge >= 0.3 is 0 Å². The zero-order chi connectivity index (χ0) is 24.4. The van der Waals surface area contributed by atoms with Gasteiger partial charge in [0.1, 0.15) is 0 Å². The Morgan fingerprint density at radius 1 is 1.06 bits per heavy atom. The molecule has 8 heteroatoms.